The van der Waals surface area contributed by atoms with Gasteiger partial charge in [-0.05, 0) is 36.8 Å². The minimum absolute atomic E-state index is 0.0316. The quantitative estimate of drug-likeness (QED) is 0.682. The van der Waals surface area contributed by atoms with Gasteiger partial charge >= 0.3 is 0 Å². The predicted molar refractivity (Wildman–Crippen MR) is 116 cm³/mol. The molecule has 3 rings (SSSR count). The predicted octanol–water partition coefficient (Wildman–Crippen LogP) is 1.94. The van der Waals surface area contributed by atoms with Gasteiger partial charge in [0.2, 0.25) is 5.91 Å². The van der Waals surface area contributed by atoms with Crippen molar-refractivity contribution in [2.24, 2.45) is 11.8 Å². The van der Waals surface area contributed by atoms with Crippen LogP contribution in [0.1, 0.15) is 38.3 Å². The number of hydrogen-bond donors (Lipinski definition) is 1. The van der Waals surface area contributed by atoms with Crippen molar-refractivity contribution in [2.45, 2.75) is 32.7 Å². The molecule has 6 nitrogen and oxygen atoms in total. The van der Waals surface area contributed by atoms with Gasteiger partial charge in [0.15, 0.2) is 9.84 Å². The summed E-state index contributed by atoms with van der Waals surface area (Å²) in [5, 5.41) is 3.10. The van der Waals surface area contributed by atoms with E-state index in [1.54, 1.807) is 0 Å². The van der Waals surface area contributed by atoms with Crippen LogP contribution >= 0.6 is 0 Å². The minimum atomic E-state index is -2.98. The summed E-state index contributed by atoms with van der Waals surface area (Å²) in [6.45, 7) is 9.38. The maximum absolute atomic E-state index is 13.0. The number of nitrogens with one attached hydrogen (secondary N) is 1. The summed E-state index contributed by atoms with van der Waals surface area (Å²) in [6.07, 6.45) is 2.23. The molecule has 0 spiro atoms. The first-order valence-corrected chi connectivity index (χ1v) is 12.7. The number of amides is 1. The lowest BCUT2D eigenvalue weighted by molar-refractivity contribution is -0.126. The molecule has 0 aliphatic carbocycles. The Morgan fingerprint density at radius 3 is 2.34 bits per heavy atom. The van der Waals surface area contributed by atoms with Crippen LogP contribution in [0.15, 0.2) is 30.3 Å². The van der Waals surface area contributed by atoms with E-state index in [2.05, 4.69) is 24.1 Å². The van der Waals surface area contributed by atoms with E-state index in [1.807, 2.05) is 35.2 Å². The SMILES string of the molecule is CC1CC(C)CN(CCCNC(=O)C(c2ccccc2)N2CCS(=O)(=O)CC2)C1. The standard InChI is InChI=1S/C22H35N3O3S/c1-18-15-19(2)17-24(16-18)10-6-9-23-22(26)21(20-7-4-3-5-8-20)25-11-13-29(27,28)14-12-25/h3-5,7-8,18-19,21H,6,9-17H2,1-2H3,(H,23,26). The fourth-order valence-corrected chi connectivity index (χ4v) is 5.96. The average Bonchev–Trinajstić information content (AvgIpc) is 2.67. The summed E-state index contributed by atoms with van der Waals surface area (Å²) in [6, 6.07) is 9.25. The van der Waals surface area contributed by atoms with E-state index >= 15 is 0 Å². The van der Waals surface area contributed by atoms with E-state index in [1.165, 1.54) is 6.42 Å². The molecule has 1 aromatic rings. The van der Waals surface area contributed by atoms with Gasteiger partial charge in [-0.1, -0.05) is 44.2 Å². The van der Waals surface area contributed by atoms with Crippen molar-refractivity contribution in [1.82, 2.24) is 15.1 Å². The lowest BCUT2D eigenvalue weighted by atomic mass is 9.92. The second kappa shape index (κ2) is 10.0. The Balaban J connectivity index is 1.54. The molecule has 3 atom stereocenters. The van der Waals surface area contributed by atoms with Crippen LogP contribution in [0.3, 0.4) is 0 Å². The van der Waals surface area contributed by atoms with E-state index in [9.17, 15) is 13.2 Å². The van der Waals surface area contributed by atoms with Crippen LogP contribution in [0.4, 0.5) is 0 Å². The summed E-state index contributed by atoms with van der Waals surface area (Å²) in [7, 11) is -2.98. The number of nitrogens with zero attached hydrogens (tertiary/aromatic N) is 2. The van der Waals surface area contributed by atoms with E-state index in [4.69, 9.17) is 0 Å². The van der Waals surface area contributed by atoms with Crippen molar-refractivity contribution in [3.05, 3.63) is 35.9 Å². The van der Waals surface area contributed by atoms with Gasteiger partial charge in [-0.2, -0.15) is 0 Å². The van der Waals surface area contributed by atoms with Crippen LogP contribution in [-0.2, 0) is 14.6 Å². The largest absolute Gasteiger partial charge is 0.354 e. The van der Waals surface area contributed by atoms with E-state index < -0.39 is 15.9 Å². The molecule has 1 amide bonds. The minimum Gasteiger partial charge on any atom is -0.354 e. The monoisotopic (exact) mass is 421 g/mol. The Labute approximate surface area is 175 Å². The molecule has 29 heavy (non-hydrogen) atoms. The van der Waals surface area contributed by atoms with Crippen LogP contribution in [0.5, 0.6) is 0 Å². The molecule has 0 saturated carbocycles. The second-order valence-electron chi connectivity index (χ2n) is 8.85. The Kier molecular flexibility index (Phi) is 7.71. The molecule has 2 aliphatic rings. The lowest BCUT2D eigenvalue weighted by Gasteiger charge is -2.35. The van der Waals surface area contributed by atoms with Gasteiger partial charge < -0.3 is 10.2 Å². The number of piperidine rings is 1. The number of likely N-dealkylation sites (tertiary alicyclic amines) is 1. The lowest BCUT2D eigenvalue weighted by Crippen LogP contribution is -2.48. The maximum atomic E-state index is 13.0. The molecule has 7 heteroatoms. The van der Waals surface area contributed by atoms with E-state index in [-0.39, 0.29) is 17.4 Å². The molecule has 162 valence electrons. The summed E-state index contributed by atoms with van der Waals surface area (Å²) >= 11 is 0. The van der Waals surface area contributed by atoms with Crippen LogP contribution in [0, 0.1) is 11.8 Å². The van der Waals surface area contributed by atoms with Gasteiger partial charge in [0.05, 0.1) is 11.5 Å². The van der Waals surface area contributed by atoms with Gasteiger partial charge in [0.1, 0.15) is 6.04 Å². The van der Waals surface area contributed by atoms with Crippen LogP contribution in [-0.4, -0.2) is 74.9 Å². The molecule has 1 N–H and O–H groups in total. The van der Waals surface area contributed by atoms with Crippen LogP contribution < -0.4 is 5.32 Å². The number of rotatable bonds is 7. The normalized spacial score (nSPS) is 26.7. The smallest absolute Gasteiger partial charge is 0.241 e. The van der Waals surface area contributed by atoms with Gasteiger partial charge in [0, 0.05) is 32.7 Å². The highest BCUT2D eigenvalue weighted by Crippen LogP contribution is 2.23. The zero-order valence-corrected chi connectivity index (χ0v) is 18.5. The van der Waals surface area contributed by atoms with Gasteiger partial charge in [-0.15, -0.1) is 0 Å². The average molecular weight is 422 g/mol. The molecule has 0 aromatic heterocycles. The summed E-state index contributed by atoms with van der Waals surface area (Å²) in [5.41, 5.74) is 0.919. The fraction of sp³-hybridized carbons (Fsp3) is 0.682. The van der Waals surface area contributed by atoms with E-state index in [0.717, 1.165) is 43.5 Å². The summed E-state index contributed by atoms with van der Waals surface area (Å²) in [4.78, 5) is 17.6. The third-order valence-corrected chi connectivity index (χ3v) is 7.61. The molecule has 2 fully saturated rings. The van der Waals surface area contributed by atoms with E-state index in [0.29, 0.717) is 19.6 Å². The zero-order valence-electron chi connectivity index (χ0n) is 17.7. The Morgan fingerprint density at radius 1 is 1.10 bits per heavy atom. The molecule has 0 radical (unpaired) electrons. The Bertz CT molecular complexity index is 745. The van der Waals surface area contributed by atoms with Crippen molar-refractivity contribution >= 4 is 15.7 Å². The first kappa shape index (κ1) is 22.2. The second-order valence-corrected chi connectivity index (χ2v) is 11.2. The van der Waals surface area contributed by atoms with Gasteiger partial charge in [-0.3, -0.25) is 9.69 Å². The van der Waals surface area contributed by atoms with Crippen molar-refractivity contribution in [3.63, 3.8) is 0 Å². The van der Waals surface area contributed by atoms with Gasteiger partial charge in [-0.25, -0.2) is 8.42 Å². The highest BCUT2D eigenvalue weighted by molar-refractivity contribution is 7.91. The number of sulfone groups is 1. The number of carbonyl (C=O) groups excluding carboxylic acids is 1. The topological polar surface area (TPSA) is 69.7 Å². The third kappa shape index (κ3) is 6.52. The molecule has 0 bridgehead atoms. The molecular weight excluding hydrogens is 386 g/mol. The van der Waals surface area contributed by atoms with Crippen LogP contribution in [0.2, 0.25) is 0 Å². The first-order chi connectivity index (χ1) is 13.8. The molecule has 3 unspecified atom stereocenters. The number of benzene rings is 1. The highest BCUT2D eigenvalue weighted by Gasteiger charge is 2.32. The third-order valence-electron chi connectivity index (χ3n) is 6.00. The van der Waals surface area contributed by atoms with Gasteiger partial charge in [0.25, 0.3) is 0 Å². The molecule has 1 aromatic carbocycles. The highest BCUT2D eigenvalue weighted by atomic mass is 32.2. The Hall–Kier alpha value is -1.44. The van der Waals surface area contributed by atoms with Crippen molar-refractivity contribution in [1.29, 1.82) is 0 Å². The molecular formula is C22H35N3O3S. The zero-order chi connectivity index (χ0) is 20.9. The van der Waals surface area contributed by atoms with Crippen molar-refractivity contribution < 1.29 is 13.2 Å². The molecule has 2 saturated heterocycles. The van der Waals surface area contributed by atoms with Crippen LogP contribution in [0.25, 0.3) is 0 Å². The maximum Gasteiger partial charge on any atom is 0.241 e. The molecule has 2 heterocycles. The summed E-state index contributed by atoms with van der Waals surface area (Å²) < 4.78 is 23.6. The fourth-order valence-electron chi connectivity index (χ4n) is 4.73. The Morgan fingerprint density at radius 2 is 1.72 bits per heavy atom. The molecule has 2 aliphatic heterocycles. The number of carbonyl (C=O) groups is 1. The van der Waals surface area contributed by atoms with Crippen molar-refractivity contribution in [2.75, 3.05) is 50.8 Å². The number of hydrogen-bond acceptors (Lipinski definition) is 5. The summed E-state index contributed by atoms with van der Waals surface area (Å²) in [5.74, 6) is 1.69. The first-order valence-electron chi connectivity index (χ1n) is 10.8. The van der Waals surface area contributed by atoms with Crippen molar-refractivity contribution in [3.8, 4) is 0 Å².